The second-order valence-corrected chi connectivity index (χ2v) is 4.50. The van der Waals surface area contributed by atoms with Gasteiger partial charge in [0.05, 0.1) is 0 Å². The number of nitrogens with one attached hydrogen (secondary N) is 1. The lowest BCUT2D eigenvalue weighted by Gasteiger charge is -2.29. The van der Waals surface area contributed by atoms with Crippen molar-refractivity contribution in [2.24, 2.45) is 0 Å². The molecule has 0 spiro atoms. The Morgan fingerprint density at radius 2 is 1.76 bits per heavy atom. The van der Waals surface area contributed by atoms with Crippen LogP contribution in [0.15, 0.2) is 24.3 Å². The predicted molar refractivity (Wildman–Crippen MR) is 76.8 cm³/mol. The van der Waals surface area contributed by atoms with E-state index >= 15 is 0 Å². The van der Waals surface area contributed by atoms with E-state index < -0.39 is 0 Å². The van der Waals surface area contributed by atoms with Gasteiger partial charge in [0, 0.05) is 25.3 Å². The summed E-state index contributed by atoms with van der Waals surface area (Å²) in [5.41, 5.74) is 2.72. The summed E-state index contributed by atoms with van der Waals surface area (Å²) in [4.78, 5) is 2.38. The Balaban J connectivity index is 2.67. The van der Waals surface area contributed by atoms with E-state index in [2.05, 4.69) is 62.3 Å². The Hall–Kier alpha value is -1.02. The topological polar surface area (TPSA) is 15.3 Å². The normalized spacial score (nSPS) is 12.5. The Bertz CT molecular complexity index is 305. The van der Waals surface area contributed by atoms with E-state index in [4.69, 9.17) is 0 Å². The van der Waals surface area contributed by atoms with Crippen molar-refractivity contribution in [3.05, 3.63) is 29.8 Å². The summed E-state index contributed by atoms with van der Waals surface area (Å²) in [7, 11) is 2.19. The van der Waals surface area contributed by atoms with Crippen LogP contribution in [0.1, 0.15) is 32.8 Å². The van der Waals surface area contributed by atoms with Gasteiger partial charge in [-0.1, -0.05) is 32.9 Å². The van der Waals surface area contributed by atoms with E-state index in [1.165, 1.54) is 17.7 Å². The second kappa shape index (κ2) is 7.33. The number of likely N-dealkylation sites (N-methyl/N-ethyl adjacent to an activating group) is 2. The molecule has 0 radical (unpaired) electrons. The van der Waals surface area contributed by atoms with Crippen LogP contribution in [0, 0.1) is 0 Å². The number of hydrogen-bond acceptors (Lipinski definition) is 2. The molecule has 0 saturated heterocycles. The Morgan fingerprint density at radius 1 is 1.12 bits per heavy atom. The summed E-state index contributed by atoms with van der Waals surface area (Å²) in [6.45, 7) is 8.69. The summed E-state index contributed by atoms with van der Waals surface area (Å²) in [5.74, 6) is 0. The molecule has 1 N–H and O–H groups in total. The third-order valence-corrected chi connectivity index (χ3v) is 3.40. The summed E-state index contributed by atoms with van der Waals surface area (Å²) >= 11 is 0. The maximum Gasteiger partial charge on any atom is 0.0408 e. The minimum atomic E-state index is 0.572. The Morgan fingerprint density at radius 3 is 2.24 bits per heavy atom. The number of aryl methyl sites for hydroxylation is 1. The molecule has 1 rings (SSSR count). The molecule has 0 aromatic heterocycles. The van der Waals surface area contributed by atoms with Gasteiger partial charge < -0.3 is 10.2 Å². The lowest BCUT2D eigenvalue weighted by Crippen LogP contribution is -2.39. The highest BCUT2D eigenvalue weighted by atomic mass is 15.2. The molecule has 1 unspecified atom stereocenters. The molecule has 0 bridgehead atoms. The van der Waals surface area contributed by atoms with Crippen LogP contribution >= 0.6 is 0 Å². The fourth-order valence-corrected chi connectivity index (χ4v) is 2.04. The van der Waals surface area contributed by atoms with Crippen molar-refractivity contribution >= 4 is 5.69 Å². The zero-order chi connectivity index (χ0) is 12.7. The quantitative estimate of drug-likeness (QED) is 0.780. The first-order valence-electron chi connectivity index (χ1n) is 6.75. The molecule has 17 heavy (non-hydrogen) atoms. The predicted octanol–water partition coefficient (Wildman–Crippen LogP) is 3.07. The van der Waals surface area contributed by atoms with Crippen molar-refractivity contribution in [1.82, 2.24) is 5.32 Å². The highest BCUT2D eigenvalue weighted by Gasteiger charge is 2.12. The van der Waals surface area contributed by atoms with Crippen LogP contribution in [-0.4, -0.2) is 26.2 Å². The molecule has 0 aliphatic carbocycles. The molecular formula is C15H26N2. The van der Waals surface area contributed by atoms with Gasteiger partial charge in [-0.15, -0.1) is 0 Å². The standard InChI is InChI=1S/C15H26N2/c1-5-13-8-10-15(11-9-13)17(4)14(6-2)12-16-7-3/h8-11,14,16H,5-7,12H2,1-4H3. The average Bonchev–Trinajstić information content (AvgIpc) is 2.39. The molecule has 96 valence electrons. The second-order valence-electron chi connectivity index (χ2n) is 4.50. The summed E-state index contributed by atoms with van der Waals surface area (Å²) < 4.78 is 0. The Kier molecular flexibility index (Phi) is 6.06. The first-order chi connectivity index (χ1) is 8.22. The van der Waals surface area contributed by atoms with Gasteiger partial charge in [-0.05, 0) is 37.1 Å². The van der Waals surface area contributed by atoms with Gasteiger partial charge in [-0.25, -0.2) is 0 Å². The smallest absolute Gasteiger partial charge is 0.0408 e. The molecule has 0 heterocycles. The first-order valence-corrected chi connectivity index (χ1v) is 6.75. The maximum absolute atomic E-state index is 3.43. The van der Waals surface area contributed by atoms with Gasteiger partial charge in [0.25, 0.3) is 0 Å². The van der Waals surface area contributed by atoms with Crippen molar-refractivity contribution in [1.29, 1.82) is 0 Å². The average molecular weight is 234 g/mol. The zero-order valence-electron chi connectivity index (χ0n) is 11.7. The lowest BCUT2D eigenvalue weighted by molar-refractivity contribution is 0.551. The molecule has 0 aliphatic heterocycles. The number of hydrogen-bond donors (Lipinski definition) is 1. The van der Waals surface area contributed by atoms with Crippen LogP contribution in [0.3, 0.4) is 0 Å². The van der Waals surface area contributed by atoms with Crippen LogP contribution in [-0.2, 0) is 6.42 Å². The van der Waals surface area contributed by atoms with Crippen LogP contribution in [0.25, 0.3) is 0 Å². The summed E-state index contributed by atoms with van der Waals surface area (Å²) in [6.07, 6.45) is 2.28. The fraction of sp³-hybridized carbons (Fsp3) is 0.600. The van der Waals surface area contributed by atoms with E-state index in [1.54, 1.807) is 0 Å². The Labute approximate surface area is 106 Å². The highest BCUT2D eigenvalue weighted by Crippen LogP contribution is 2.17. The molecule has 2 heteroatoms. The molecule has 0 fully saturated rings. The van der Waals surface area contributed by atoms with Crippen LogP contribution in [0.4, 0.5) is 5.69 Å². The molecule has 0 aliphatic rings. The highest BCUT2D eigenvalue weighted by molar-refractivity contribution is 5.47. The number of nitrogens with zero attached hydrogens (tertiary/aromatic N) is 1. The van der Waals surface area contributed by atoms with Gasteiger partial charge in [0.15, 0.2) is 0 Å². The minimum absolute atomic E-state index is 0.572. The zero-order valence-corrected chi connectivity index (χ0v) is 11.7. The molecule has 2 nitrogen and oxygen atoms in total. The van der Waals surface area contributed by atoms with Crippen molar-refractivity contribution in [3.63, 3.8) is 0 Å². The molecular weight excluding hydrogens is 208 g/mol. The van der Waals surface area contributed by atoms with Crippen molar-refractivity contribution in [2.45, 2.75) is 39.7 Å². The van der Waals surface area contributed by atoms with E-state index in [-0.39, 0.29) is 0 Å². The van der Waals surface area contributed by atoms with Crippen molar-refractivity contribution in [2.75, 3.05) is 25.0 Å². The summed E-state index contributed by atoms with van der Waals surface area (Å²) in [5, 5.41) is 3.43. The van der Waals surface area contributed by atoms with E-state index in [9.17, 15) is 0 Å². The van der Waals surface area contributed by atoms with Gasteiger partial charge in [0.2, 0.25) is 0 Å². The van der Waals surface area contributed by atoms with Crippen molar-refractivity contribution in [3.8, 4) is 0 Å². The SMILES string of the molecule is CCNCC(CC)N(C)c1ccc(CC)cc1. The van der Waals surface area contributed by atoms with E-state index in [1.807, 2.05) is 0 Å². The number of anilines is 1. The largest absolute Gasteiger partial charge is 0.370 e. The fourth-order valence-electron chi connectivity index (χ4n) is 2.04. The van der Waals surface area contributed by atoms with Gasteiger partial charge in [0.1, 0.15) is 0 Å². The van der Waals surface area contributed by atoms with Gasteiger partial charge in [-0.3, -0.25) is 0 Å². The molecule has 0 saturated carbocycles. The number of benzene rings is 1. The monoisotopic (exact) mass is 234 g/mol. The minimum Gasteiger partial charge on any atom is -0.370 e. The van der Waals surface area contributed by atoms with Crippen molar-refractivity contribution < 1.29 is 0 Å². The van der Waals surface area contributed by atoms with Gasteiger partial charge in [-0.2, -0.15) is 0 Å². The van der Waals surface area contributed by atoms with E-state index in [0.29, 0.717) is 6.04 Å². The lowest BCUT2D eigenvalue weighted by atomic mass is 10.1. The van der Waals surface area contributed by atoms with Crippen LogP contribution in [0.2, 0.25) is 0 Å². The van der Waals surface area contributed by atoms with Crippen LogP contribution < -0.4 is 10.2 Å². The molecule has 0 amide bonds. The third-order valence-electron chi connectivity index (χ3n) is 3.40. The molecule has 1 atom stereocenters. The van der Waals surface area contributed by atoms with E-state index in [0.717, 1.165) is 19.5 Å². The number of rotatable bonds is 7. The molecule has 1 aromatic carbocycles. The summed E-state index contributed by atoms with van der Waals surface area (Å²) in [6, 6.07) is 9.49. The maximum atomic E-state index is 3.43. The molecule has 1 aromatic rings. The third kappa shape index (κ3) is 4.04. The van der Waals surface area contributed by atoms with Gasteiger partial charge >= 0.3 is 0 Å². The first kappa shape index (κ1) is 14.0. The van der Waals surface area contributed by atoms with Crippen LogP contribution in [0.5, 0.6) is 0 Å².